The van der Waals surface area contributed by atoms with Crippen LogP contribution in [-0.4, -0.2) is 9.96 Å². The Morgan fingerprint density at radius 2 is 1.93 bits per heavy atom. The largest absolute Gasteiger partial charge is 0.254 e. The van der Waals surface area contributed by atoms with E-state index in [0.717, 1.165) is 17.1 Å². The van der Waals surface area contributed by atoms with Crippen LogP contribution in [-0.2, 0) is 10.8 Å². The molecule has 1 aromatic rings. The summed E-state index contributed by atoms with van der Waals surface area (Å²) in [7, 11) is -0.736. The highest BCUT2D eigenvalue weighted by Crippen LogP contribution is 2.30. The number of benzene rings is 1. The average molecular weight is 210 g/mol. The predicted octanol–water partition coefficient (Wildman–Crippen LogP) is 3.33. The predicted molar refractivity (Wildman–Crippen MR) is 62.1 cm³/mol. The van der Waals surface area contributed by atoms with Crippen LogP contribution >= 0.6 is 0 Å². The Kier molecular flexibility index (Phi) is 4.33. The van der Waals surface area contributed by atoms with Gasteiger partial charge in [-0.15, -0.1) is 0 Å². The fourth-order valence-electron chi connectivity index (χ4n) is 1.64. The average Bonchev–Trinajstić information content (AvgIpc) is 2.27. The van der Waals surface area contributed by atoms with Crippen molar-refractivity contribution in [3.8, 4) is 0 Å². The lowest BCUT2D eigenvalue weighted by atomic mass is 9.98. The third-order valence-electron chi connectivity index (χ3n) is 2.43. The third-order valence-corrected chi connectivity index (χ3v) is 3.90. The van der Waals surface area contributed by atoms with E-state index in [-0.39, 0.29) is 0 Å². The lowest BCUT2D eigenvalue weighted by Crippen LogP contribution is -2.12. The Labute approximate surface area is 89.0 Å². The van der Waals surface area contributed by atoms with Crippen molar-refractivity contribution < 1.29 is 4.21 Å². The molecule has 2 unspecified atom stereocenters. The summed E-state index contributed by atoms with van der Waals surface area (Å²) in [5.74, 6) is 1.41. The standard InChI is InChI=1S/C10H12OS.C2H6/c1-8-6-7-12(11)10-5-3-2-4-9(8)10;1-2/h2-5,8H,6-7H2,1H3;1-2H3. The molecule has 0 aromatic heterocycles. The fraction of sp³-hybridized carbons (Fsp3) is 0.500. The quantitative estimate of drug-likeness (QED) is 0.642. The maximum Gasteiger partial charge on any atom is 0.0532 e. The summed E-state index contributed by atoms with van der Waals surface area (Å²) in [6.07, 6.45) is 1.06. The van der Waals surface area contributed by atoms with Gasteiger partial charge < -0.3 is 0 Å². The summed E-state index contributed by atoms with van der Waals surface area (Å²) in [5.41, 5.74) is 1.28. The Balaban J connectivity index is 0.000000461. The zero-order chi connectivity index (χ0) is 10.6. The van der Waals surface area contributed by atoms with Crippen molar-refractivity contribution in [1.29, 1.82) is 0 Å². The highest BCUT2D eigenvalue weighted by Gasteiger charge is 2.20. The van der Waals surface area contributed by atoms with E-state index in [1.54, 1.807) is 0 Å². The molecule has 2 atom stereocenters. The van der Waals surface area contributed by atoms with Crippen molar-refractivity contribution in [3.05, 3.63) is 29.8 Å². The SMILES string of the molecule is CC.CC1CCS(=O)c2ccccc21. The van der Waals surface area contributed by atoms with E-state index in [0.29, 0.717) is 5.92 Å². The van der Waals surface area contributed by atoms with E-state index < -0.39 is 10.8 Å². The van der Waals surface area contributed by atoms with E-state index in [1.807, 2.05) is 32.0 Å². The number of rotatable bonds is 0. The number of hydrogen-bond donors (Lipinski definition) is 0. The molecule has 0 radical (unpaired) electrons. The van der Waals surface area contributed by atoms with Crippen LogP contribution in [0.15, 0.2) is 29.2 Å². The maximum atomic E-state index is 11.5. The Hall–Kier alpha value is -0.630. The van der Waals surface area contributed by atoms with Gasteiger partial charge in [0.25, 0.3) is 0 Å². The second-order valence-corrected chi connectivity index (χ2v) is 4.82. The number of fused-ring (bicyclic) bond motifs is 1. The first kappa shape index (κ1) is 11.4. The molecule has 0 aliphatic carbocycles. The molecule has 1 aromatic carbocycles. The molecule has 0 saturated carbocycles. The van der Waals surface area contributed by atoms with Crippen molar-refractivity contribution in [2.75, 3.05) is 5.75 Å². The smallest absolute Gasteiger partial charge is 0.0532 e. The highest BCUT2D eigenvalue weighted by atomic mass is 32.2. The molecule has 2 heteroatoms. The first-order valence-corrected chi connectivity index (χ1v) is 6.58. The molecule has 0 amide bonds. The van der Waals surface area contributed by atoms with Crippen molar-refractivity contribution >= 4 is 10.8 Å². The zero-order valence-corrected chi connectivity index (χ0v) is 9.93. The molecule has 14 heavy (non-hydrogen) atoms. The van der Waals surface area contributed by atoms with Crippen LogP contribution in [0.3, 0.4) is 0 Å². The summed E-state index contributed by atoms with van der Waals surface area (Å²) in [4.78, 5) is 1.05. The zero-order valence-electron chi connectivity index (χ0n) is 9.12. The van der Waals surface area contributed by atoms with E-state index >= 15 is 0 Å². The molecule has 0 saturated heterocycles. The second kappa shape index (κ2) is 5.30. The minimum absolute atomic E-state index is 0.582. The molecule has 0 spiro atoms. The monoisotopic (exact) mass is 210 g/mol. The molecule has 2 rings (SSSR count). The van der Waals surface area contributed by atoms with Gasteiger partial charge in [0.1, 0.15) is 0 Å². The molecule has 0 bridgehead atoms. The van der Waals surface area contributed by atoms with Crippen LogP contribution in [0, 0.1) is 0 Å². The molecular weight excluding hydrogens is 192 g/mol. The van der Waals surface area contributed by atoms with E-state index in [1.165, 1.54) is 5.56 Å². The van der Waals surface area contributed by atoms with Crippen LogP contribution in [0.1, 0.15) is 38.7 Å². The minimum Gasteiger partial charge on any atom is -0.254 e. The molecule has 1 nitrogen and oxygen atoms in total. The Bertz CT molecular complexity index is 320. The van der Waals surface area contributed by atoms with E-state index in [2.05, 4.69) is 13.0 Å². The Morgan fingerprint density at radius 3 is 2.57 bits per heavy atom. The van der Waals surface area contributed by atoms with Crippen LogP contribution in [0.2, 0.25) is 0 Å². The van der Waals surface area contributed by atoms with Gasteiger partial charge in [-0.3, -0.25) is 4.21 Å². The fourth-order valence-corrected chi connectivity index (χ4v) is 3.19. The molecule has 1 heterocycles. The van der Waals surface area contributed by atoms with Gasteiger partial charge in [0.2, 0.25) is 0 Å². The summed E-state index contributed by atoms with van der Waals surface area (Å²) in [6, 6.07) is 8.07. The molecule has 1 aliphatic heterocycles. The third kappa shape index (κ3) is 2.24. The summed E-state index contributed by atoms with van der Waals surface area (Å²) >= 11 is 0. The van der Waals surface area contributed by atoms with Gasteiger partial charge in [-0.1, -0.05) is 39.0 Å². The normalized spacial score (nSPS) is 24.5. The van der Waals surface area contributed by atoms with Crippen molar-refractivity contribution in [1.82, 2.24) is 0 Å². The van der Waals surface area contributed by atoms with Gasteiger partial charge in [0.15, 0.2) is 0 Å². The summed E-state index contributed by atoms with van der Waals surface area (Å²) < 4.78 is 11.5. The first-order valence-electron chi connectivity index (χ1n) is 5.26. The first-order chi connectivity index (χ1) is 6.79. The van der Waals surface area contributed by atoms with Crippen LogP contribution in [0.25, 0.3) is 0 Å². The van der Waals surface area contributed by atoms with Gasteiger partial charge >= 0.3 is 0 Å². The highest BCUT2D eigenvalue weighted by molar-refractivity contribution is 7.85. The van der Waals surface area contributed by atoms with Crippen LogP contribution < -0.4 is 0 Å². The maximum absolute atomic E-state index is 11.5. The van der Waals surface area contributed by atoms with Crippen molar-refractivity contribution in [3.63, 3.8) is 0 Å². The summed E-state index contributed by atoms with van der Waals surface area (Å²) in [5, 5.41) is 0. The van der Waals surface area contributed by atoms with Gasteiger partial charge in [-0.2, -0.15) is 0 Å². The van der Waals surface area contributed by atoms with E-state index in [4.69, 9.17) is 0 Å². The molecule has 0 N–H and O–H groups in total. The van der Waals surface area contributed by atoms with Crippen LogP contribution in [0.5, 0.6) is 0 Å². The van der Waals surface area contributed by atoms with Gasteiger partial charge in [0.05, 0.1) is 10.8 Å². The Morgan fingerprint density at radius 1 is 1.29 bits per heavy atom. The second-order valence-electron chi connectivity index (χ2n) is 3.28. The lowest BCUT2D eigenvalue weighted by Gasteiger charge is -2.20. The van der Waals surface area contributed by atoms with Gasteiger partial charge in [0, 0.05) is 10.6 Å². The van der Waals surface area contributed by atoms with Crippen LogP contribution in [0.4, 0.5) is 0 Å². The minimum atomic E-state index is -0.736. The topological polar surface area (TPSA) is 17.1 Å². The van der Waals surface area contributed by atoms with Crippen molar-refractivity contribution in [2.45, 2.75) is 38.0 Å². The summed E-state index contributed by atoms with van der Waals surface area (Å²) in [6.45, 7) is 6.20. The van der Waals surface area contributed by atoms with Gasteiger partial charge in [-0.25, -0.2) is 0 Å². The molecule has 1 aliphatic rings. The lowest BCUT2D eigenvalue weighted by molar-refractivity contribution is 0.650. The van der Waals surface area contributed by atoms with Gasteiger partial charge in [-0.05, 0) is 24.0 Å². The molecule has 0 fully saturated rings. The molecular formula is C12H18OS. The van der Waals surface area contributed by atoms with E-state index in [9.17, 15) is 4.21 Å². The number of hydrogen-bond acceptors (Lipinski definition) is 1. The van der Waals surface area contributed by atoms with Crippen molar-refractivity contribution in [2.24, 2.45) is 0 Å². The molecule has 78 valence electrons.